The fourth-order valence-corrected chi connectivity index (χ4v) is 4.36. The van der Waals surface area contributed by atoms with E-state index in [1.807, 2.05) is 12.1 Å². The molecule has 32 heavy (non-hydrogen) atoms. The van der Waals surface area contributed by atoms with Gasteiger partial charge in [-0.3, -0.25) is 4.90 Å². The van der Waals surface area contributed by atoms with E-state index in [2.05, 4.69) is 28.9 Å². The molecule has 0 unspecified atom stereocenters. The third kappa shape index (κ3) is 5.02. The zero-order valence-corrected chi connectivity index (χ0v) is 18.7. The van der Waals surface area contributed by atoms with Crippen LogP contribution in [-0.2, 0) is 4.74 Å². The van der Waals surface area contributed by atoms with Gasteiger partial charge in [0.15, 0.2) is 0 Å². The zero-order valence-electron chi connectivity index (χ0n) is 18.7. The molecule has 0 saturated carbocycles. The second-order valence-electron chi connectivity index (χ2n) is 8.89. The molecule has 2 aliphatic heterocycles. The summed E-state index contributed by atoms with van der Waals surface area (Å²) in [6, 6.07) is 8.50. The number of anilines is 2. The molecule has 2 fully saturated rings. The molecule has 0 bridgehead atoms. The first-order chi connectivity index (χ1) is 15.4. The van der Waals surface area contributed by atoms with E-state index in [0.717, 1.165) is 31.4 Å². The molecule has 8 heteroatoms. The number of carbonyl (C=O) groups is 1. The van der Waals surface area contributed by atoms with Crippen molar-refractivity contribution < 1.29 is 19.0 Å². The molecule has 7 nitrogen and oxygen atoms in total. The van der Waals surface area contributed by atoms with Gasteiger partial charge in [-0.2, -0.15) is 0 Å². The summed E-state index contributed by atoms with van der Waals surface area (Å²) in [7, 11) is 4.23. The third-order valence-corrected chi connectivity index (χ3v) is 6.32. The lowest BCUT2D eigenvalue weighted by atomic mass is 9.93. The first-order valence-electron chi connectivity index (χ1n) is 11.2. The van der Waals surface area contributed by atoms with Crippen molar-refractivity contribution in [3.8, 4) is 11.1 Å². The molecular formula is C24H31FN4O3. The number of hydrogen-bond donors (Lipinski definition) is 1. The van der Waals surface area contributed by atoms with E-state index < -0.39 is 18.0 Å². The number of piperidine rings is 1. The number of amides is 1. The molecule has 1 N–H and O–H groups in total. The van der Waals surface area contributed by atoms with Crippen molar-refractivity contribution in [3.63, 3.8) is 0 Å². The van der Waals surface area contributed by atoms with Crippen molar-refractivity contribution in [2.75, 3.05) is 56.7 Å². The van der Waals surface area contributed by atoms with Crippen molar-refractivity contribution in [1.82, 2.24) is 9.88 Å². The van der Waals surface area contributed by atoms with Gasteiger partial charge in [0, 0.05) is 30.4 Å². The topological polar surface area (TPSA) is 69.1 Å². The summed E-state index contributed by atoms with van der Waals surface area (Å²) in [4.78, 5) is 22.4. The number of ether oxygens (including phenoxy) is 1. The molecular weight excluding hydrogens is 411 g/mol. The monoisotopic (exact) mass is 442 g/mol. The fraction of sp³-hybridized carbons (Fsp3) is 0.500. The number of rotatable bonds is 7. The molecule has 2 aromatic rings. The highest BCUT2D eigenvalue weighted by atomic mass is 19.1. The van der Waals surface area contributed by atoms with Gasteiger partial charge in [0.1, 0.15) is 17.7 Å². The van der Waals surface area contributed by atoms with Gasteiger partial charge in [-0.1, -0.05) is 0 Å². The molecule has 1 amide bonds. The molecule has 2 aliphatic rings. The highest BCUT2D eigenvalue weighted by Crippen LogP contribution is 2.30. The number of cyclic esters (lactones) is 1. The van der Waals surface area contributed by atoms with Crippen LogP contribution in [0.2, 0.25) is 0 Å². The van der Waals surface area contributed by atoms with Crippen LogP contribution in [-0.4, -0.2) is 74.1 Å². The maximum Gasteiger partial charge on any atom is 0.414 e. The summed E-state index contributed by atoms with van der Waals surface area (Å²) in [5, 5.41) is 9.18. The van der Waals surface area contributed by atoms with E-state index >= 15 is 0 Å². The van der Waals surface area contributed by atoms with Gasteiger partial charge in [-0.05, 0) is 76.2 Å². The van der Waals surface area contributed by atoms with Gasteiger partial charge < -0.3 is 19.6 Å². The first kappa shape index (κ1) is 22.5. The largest absolute Gasteiger partial charge is 0.441 e. The van der Waals surface area contributed by atoms with Crippen molar-refractivity contribution in [2.45, 2.75) is 25.4 Å². The molecule has 172 valence electrons. The molecule has 1 aromatic carbocycles. The number of aliphatic hydroxyl groups excluding tert-OH is 1. The van der Waals surface area contributed by atoms with Crippen LogP contribution in [0.3, 0.4) is 0 Å². The van der Waals surface area contributed by atoms with Crippen LogP contribution in [0.15, 0.2) is 36.5 Å². The Morgan fingerprint density at radius 3 is 2.59 bits per heavy atom. The number of nitrogens with zero attached hydrogens (tertiary/aromatic N) is 4. The standard InChI is InChI=1S/C24H31FN4O3/c1-27(2)10-7-17-8-11-28(12-9-17)23-6-3-18(14-26-23)21-5-4-19(13-22(21)25)29-15-20(16-30)32-24(29)31/h3-6,13-14,17,20,30H,7-12,15-16H2,1-2H3/t20-/m1/s1. The lowest BCUT2D eigenvalue weighted by molar-refractivity contribution is 0.0963. The van der Waals surface area contributed by atoms with Gasteiger partial charge in [0.05, 0.1) is 18.8 Å². The Bertz CT molecular complexity index is 929. The Hall–Kier alpha value is -2.71. The lowest BCUT2D eigenvalue weighted by Crippen LogP contribution is -2.35. The van der Waals surface area contributed by atoms with Crippen LogP contribution in [0.1, 0.15) is 19.3 Å². The predicted octanol–water partition coefficient (Wildman–Crippen LogP) is 3.37. The number of aliphatic hydroxyl groups is 1. The Morgan fingerprint density at radius 1 is 1.22 bits per heavy atom. The Kier molecular flexibility index (Phi) is 6.91. The second-order valence-corrected chi connectivity index (χ2v) is 8.89. The Morgan fingerprint density at radius 2 is 2.00 bits per heavy atom. The average Bonchev–Trinajstić information content (AvgIpc) is 3.19. The van der Waals surface area contributed by atoms with E-state index in [4.69, 9.17) is 4.74 Å². The summed E-state index contributed by atoms with van der Waals surface area (Å²) in [5.41, 5.74) is 1.53. The Labute approximate surface area is 188 Å². The molecule has 1 aromatic heterocycles. The SMILES string of the molecule is CN(C)CCC1CCN(c2ccc(-c3ccc(N4C[C@H](CO)OC4=O)cc3F)cn2)CC1. The second kappa shape index (κ2) is 9.83. The van der Waals surface area contributed by atoms with Gasteiger partial charge in [0.2, 0.25) is 0 Å². The van der Waals surface area contributed by atoms with Gasteiger partial charge in [-0.15, -0.1) is 0 Å². The summed E-state index contributed by atoms with van der Waals surface area (Å²) in [5.74, 6) is 1.26. The number of hydrogen-bond acceptors (Lipinski definition) is 6. The summed E-state index contributed by atoms with van der Waals surface area (Å²) in [6.07, 6.45) is 4.12. The lowest BCUT2D eigenvalue weighted by Gasteiger charge is -2.33. The number of pyridine rings is 1. The predicted molar refractivity (Wildman–Crippen MR) is 122 cm³/mol. The van der Waals surface area contributed by atoms with Crippen LogP contribution in [0.5, 0.6) is 0 Å². The van der Waals surface area contributed by atoms with Crippen LogP contribution in [0.25, 0.3) is 11.1 Å². The molecule has 1 atom stereocenters. The number of aromatic nitrogens is 1. The van der Waals surface area contributed by atoms with E-state index in [9.17, 15) is 14.3 Å². The summed E-state index contributed by atoms with van der Waals surface area (Å²) in [6.45, 7) is 3.07. The normalized spacial score (nSPS) is 19.7. The van der Waals surface area contributed by atoms with E-state index in [-0.39, 0.29) is 13.2 Å². The maximum absolute atomic E-state index is 14.9. The van der Waals surface area contributed by atoms with Crippen molar-refractivity contribution >= 4 is 17.6 Å². The quantitative estimate of drug-likeness (QED) is 0.709. The highest BCUT2D eigenvalue weighted by molar-refractivity contribution is 5.90. The first-order valence-corrected chi connectivity index (χ1v) is 11.2. The molecule has 3 heterocycles. The molecule has 0 radical (unpaired) electrons. The fourth-order valence-electron chi connectivity index (χ4n) is 4.36. The van der Waals surface area contributed by atoms with E-state index in [1.54, 1.807) is 18.3 Å². The van der Waals surface area contributed by atoms with Gasteiger partial charge in [0.25, 0.3) is 0 Å². The smallest absolute Gasteiger partial charge is 0.414 e. The van der Waals surface area contributed by atoms with Crippen LogP contribution >= 0.6 is 0 Å². The van der Waals surface area contributed by atoms with Gasteiger partial charge >= 0.3 is 6.09 Å². The highest BCUT2D eigenvalue weighted by Gasteiger charge is 2.32. The van der Waals surface area contributed by atoms with Crippen LogP contribution in [0, 0.1) is 11.7 Å². The minimum absolute atomic E-state index is 0.205. The summed E-state index contributed by atoms with van der Waals surface area (Å²) < 4.78 is 19.9. The van der Waals surface area contributed by atoms with Gasteiger partial charge in [-0.25, -0.2) is 14.2 Å². The minimum Gasteiger partial charge on any atom is -0.441 e. The zero-order chi connectivity index (χ0) is 22.7. The molecule has 0 aliphatic carbocycles. The number of carbonyl (C=O) groups excluding carboxylic acids is 1. The molecule has 2 saturated heterocycles. The summed E-state index contributed by atoms with van der Waals surface area (Å²) >= 11 is 0. The van der Waals surface area contributed by atoms with Crippen molar-refractivity contribution in [3.05, 3.63) is 42.3 Å². The molecule has 4 rings (SSSR count). The Balaban J connectivity index is 1.40. The van der Waals surface area contributed by atoms with Crippen molar-refractivity contribution in [2.24, 2.45) is 5.92 Å². The van der Waals surface area contributed by atoms with E-state index in [1.165, 1.54) is 30.2 Å². The van der Waals surface area contributed by atoms with Crippen molar-refractivity contribution in [1.29, 1.82) is 0 Å². The molecule has 0 spiro atoms. The maximum atomic E-state index is 14.9. The van der Waals surface area contributed by atoms with E-state index in [0.29, 0.717) is 16.8 Å². The minimum atomic E-state index is -0.583. The van der Waals surface area contributed by atoms with Crippen LogP contribution < -0.4 is 9.80 Å². The van der Waals surface area contributed by atoms with Crippen LogP contribution in [0.4, 0.5) is 20.7 Å². The average molecular weight is 443 g/mol. The number of benzene rings is 1. The third-order valence-electron chi connectivity index (χ3n) is 6.32. The number of halogens is 1.